The van der Waals surface area contributed by atoms with Gasteiger partial charge in [-0.1, -0.05) is 12.0 Å². The Bertz CT molecular complexity index is 2030. The van der Waals surface area contributed by atoms with Crippen molar-refractivity contribution in [1.29, 1.82) is 0 Å². The number of rotatable bonds is 5. The van der Waals surface area contributed by atoms with E-state index in [1.54, 1.807) is 42.3 Å². The lowest BCUT2D eigenvalue weighted by Crippen LogP contribution is -2.27. The predicted octanol–water partition coefficient (Wildman–Crippen LogP) is 4.43. The molecule has 1 aliphatic carbocycles. The van der Waals surface area contributed by atoms with Crippen LogP contribution in [0, 0.1) is 11.8 Å². The molecule has 1 amide bonds. The minimum atomic E-state index is -0.149. The molecule has 0 unspecified atom stereocenters. The molecule has 0 radical (unpaired) electrons. The van der Waals surface area contributed by atoms with Crippen LogP contribution in [0.5, 0.6) is 0 Å². The molecule has 6 aromatic rings. The molecule has 204 valence electrons. The number of carbonyl (C=O) groups excluding carboxylic acids is 1. The Hall–Kier alpha value is -5.82. The van der Waals surface area contributed by atoms with Gasteiger partial charge in [-0.2, -0.15) is 5.10 Å². The zero-order valence-electron chi connectivity index (χ0n) is 22.7. The highest BCUT2D eigenvalue weighted by atomic mass is 16.1. The van der Waals surface area contributed by atoms with Crippen LogP contribution in [0.4, 0.5) is 5.82 Å². The molecule has 0 saturated carbocycles. The molecule has 1 aromatic carbocycles. The zero-order valence-corrected chi connectivity index (χ0v) is 22.7. The third-order valence-corrected chi connectivity index (χ3v) is 7.35. The Morgan fingerprint density at radius 3 is 2.79 bits per heavy atom. The summed E-state index contributed by atoms with van der Waals surface area (Å²) in [6.07, 6.45) is 8.45. The molecule has 1 atom stereocenters. The molecule has 0 spiro atoms. The number of nitrogens with one attached hydrogen (secondary N) is 1. The molecule has 5 aromatic heterocycles. The van der Waals surface area contributed by atoms with Crippen LogP contribution < -0.4 is 11.1 Å². The van der Waals surface area contributed by atoms with Gasteiger partial charge in [0.15, 0.2) is 17.3 Å². The first kappa shape index (κ1) is 25.2. The van der Waals surface area contributed by atoms with Gasteiger partial charge in [0.2, 0.25) is 0 Å². The summed E-state index contributed by atoms with van der Waals surface area (Å²) >= 11 is 0. The van der Waals surface area contributed by atoms with Gasteiger partial charge in [0.1, 0.15) is 17.0 Å². The standard InChI is InChI=1S/C32H25N9O/c1-2-5-22-18-21(13-16-34-22)32(42)38-26-10-7-20-19-23(8-9-24(20)26)41-30(25-6-3-14-35-29(25)33)37-27-11-12-28(39-31(27)41)40-17-4-15-36-40/h3-4,6,8-9,11-19,26H,7,10H2,1H3,(H2,33,35)(H,38,42)/t26-/m0/s1. The molecule has 10 heteroatoms. The second-order valence-corrected chi connectivity index (χ2v) is 9.92. The van der Waals surface area contributed by atoms with Gasteiger partial charge in [0.05, 0.1) is 11.6 Å². The number of nitrogens with two attached hydrogens (primary N) is 1. The van der Waals surface area contributed by atoms with Gasteiger partial charge in [0.25, 0.3) is 5.91 Å². The van der Waals surface area contributed by atoms with Crippen molar-refractivity contribution < 1.29 is 4.79 Å². The number of fused-ring (bicyclic) bond motifs is 2. The van der Waals surface area contributed by atoms with E-state index in [4.69, 9.17) is 15.7 Å². The number of imidazole rings is 1. The quantitative estimate of drug-likeness (QED) is 0.303. The first-order valence-corrected chi connectivity index (χ1v) is 13.5. The summed E-state index contributed by atoms with van der Waals surface area (Å²) in [5, 5.41) is 7.53. The van der Waals surface area contributed by atoms with Gasteiger partial charge >= 0.3 is 0 Å². The molecule has 0 saturated heterocycles. The number of hydrogen-bond acceptors (Lipinski definition) is 7. The summed E-state index contributed by atoms with van der Waals surface area (Å²) in [7, 11) is 0. The molecule has 0 aliphatic heterocycles. The van der Waals surface area contributed by atoms with Gasteiger partial charge < -0.3 is 11.1 Å². The molecule has 5 heterocycles. The van der Waals surface area contributed by atoms with Gasteiger partial charge in [0, 0.05) is 36.0 Å². The molecule has 10 nitrogen and oxygen atoms in total. The van der Waals surface area contributed by atoms with Crippen molar-refractivity contribution in [2.45, 2.75) is 25.8 Å². The van der Waals surface area contributed by atoms with Crippen LogP contribution >= 0.6 is 0 Å². The summed E-state index contributed by atoms with van der Waals surface area (Å²) in [6, 6.07) is 19.0. The first-order chi connectivity index (χ1) is 20.6. The van der Waals surface area contributed by atoms with E-state index >= 15 is 0 Å². The van der Waals surface area contributed by atoms with Crippen molar-refractivity contribution in [2.75, 3.05) is 5.73 Å². The molecular formula is C32H25N9O. The number of pyridine rings is 3. The van der Waals surface area contributed by atoms with E-state index < -0.39 is 0 Å². The van der Waals surface area contributed by atoms with Crippen LogP contribution in [0.3, 0.4) is 0 Å². The number of benzene rings is 1. The Balaban J connectivity index is 1.28. The van der Waals surface area contributed by atoms with Crippen LogP contribution in [0.1, 0.15) is 46.6 Å². The maximum absolute atomic E-state index is 13.1. The minimum absolute atomic E-state index is 0.104. The topological polar surface area (TPSA) is 129 Å². The highest BCUT2D eigenvalue weighted by Crippen LogP contribution is 2.36. The molecule has 0 fully saturated rings. The molecule has 0 bridgehead atoms. The summed E-state index contributed by atoms with van der Waals surface area (Å²) in [6.45, 7) is 1.74. The summed E-state index contributed by atoms with van der Waals surface area (Å²) in [4.78, 5) is 31.5. The van der Waals surface area contributed by atoms with E-state index in [2.05, 4.69) is 44.4 Å². The van der Waals surface area contributed by atoms with E-state index in [1.807, 2.05) is 47.2 Å². The fourth-order valence-electron chi connectivity index (χ4n) is 5.41. The number of nitrogen functional groups attached to an aromatic ring is 1. The van der Waals surface area contributed by atoms with Gasteiger partial charge in [-0.25, -0.2) is 24.6 Å². The molecule has 1 aliphatic rings. The Labute approximate surface area is 241 Å². The monoisotopic (exact) mass is 551 g/mol. The lowest BCUT2D eigenvalue weighted by atomic mass is 10.1. The summed E-state index contributed by atoms with van der Waals surface area (Å²) in [5.74, 6) is 7.28. The Morgan fingerprint density at radius 1 is 1.02 bits per heavy atom. The van der Waals surface area contributed by atoms with Crippen LogP contribution in [-0.2, 0) is 6.42 Å². The SMILES string of the molecule is CC#Cc1cc(C(=O)N[C@H]2CCc3cc(-n4c(-c5cccnc5N)nc5ccc(-n6cccn6)nc54)ccc32)ccn1. The van der Waals surface area contributed by atoms with E-state index in [9.17, 15) is 4.79 Å². The second kappa shape index (κ2) is 10.3. The lowest BCUT2D eigenvalue weighted by Gasteiger charge is -2.16. The fraction of sp³-hybridized carbons (Fsp3) is 0.125. The zero-order chi connectivity index (χ0) is 28.6. The highest BCUT2D eigenvalue weighted by molar-refractivity contribution is 5.94. The number of nitrogens with zero attached hydrogens (tertiary/aromatic N) is 7. The van der Waals surface area contributed by atoms with Gasteiger partial charge in [-0.05, 0) is 91.4 Å². The predicted molar refractivity (Wildman–Crippen MR) is 159 cm³/mol. The van der Waals surface area contributed by atoms with Crippen LogP contribution in [-0.4, -0.2) is 40.2 Å². The number of anilines is 1. The van der Waals surface area contributed by atoms with E-state index in [-0.39, 0.29) is 11.9 Å². The van der Waals surface area contributed by atoms with Crippen LogP contribution in [0.2, 0.25) is 0 Å². The minimum Gasteiger partial charge on any atom is -0.383 e. The maximum Gasteiger partial charge on any atom is 0.251 e. The average Bonchev–Trinajstić information content (AvgIpc) is 3.76. The number of amides is 1. The summed E-state index contributed by atoms with van der Waals surface area (Å²) in [5.41, 5.74) is 12.7. The Morgan fingerprint density at radius 2 is 1.95 bits per heavy atom. The first-order valence-electron chi connectivity index (χ1n) is 13.5. The Kier molecular flexibility index (Phi) is 6.17. The normalized spacial score (nSPS) is 13.9. The van der Waals surface area contributed by atoms with Crippen molar-refractivity contribution in [3.63, 3.8) is 0 Å². The highest BCUT2D eigenvalue weighted by Gasteiger charge is 2.26. The molecule has 42 heavy (non-hydrogen) atoms. The fourth-order valence-corrected chi connectivity index (χ4v) is 5.41. The summed E-state index contributed by atoms with van der Waals surface area (Å²) < 4.78 is 3.72. The third kappa shape index (κ3) is 4.43. The molecule has 7 rings (SSSR count). The third-order valence-electron chi connectivity index (χ3n) is 7.35. The van der Waals surface area contributed by atoms with E-state index in [0.717, 1.165) is 35.2 Å². The van der Waals surface area contributed by atoms with E-state index in [1.165, 1.54) is 0 Å². The smallest absolute Gasteiger partial charge is 0.251 e. The average molecular weight is 552 g/mol. The largest absolute Gasteiger partial charge is 0.383 e. The maximum atomic E-state index is 13.1. The number of hydrogen-bond donors (Lipinski definition) is 2. The van der Waals surface area contributed by atoms with E-state index in [0.29, 0.717) is 39.9 Å². The number of aromatic nitrogens is 7. The number of carbonyl (C=O) groups is 1. The lowest BCUT2D eigenvalue weighted by molar-refractivity contribution is 0.0936. The van der Waals surface area contributed by atoms with Crippen molar-refractivity contribution in [2.24, 2.45) is 0 Å². The van der Waals surface area contributed by atoms with Gasteiger partial charge in [-0.15, -0.1) is 0 Å². The van der Waals surface area contributed by atoms with Crippen LogP contribution in [0.25, 0.3) is 34.1 Å². The molecule has 3 N–H and O–H groups in total. The number of aryl methyl sites for hydroxylation is 1. The van der Waals surface area contributed by atoms with Gasteiger partial charge in [-0.3, -0.25) is 9.36 Å². The van der Waals surface area contributed by atoms with Crippen molar-refractivity contribution in [3.8, 4) is 34.7 Å². The van der Waals surface area contributed by atoms with Crippen LogP contribution in [0.15, 0.2) is 85.5 Å². The molecular weight excluding hydrogens is 526 g/mol. The van der Waals surface area contributed by atoms with Crippen molar-refractivity contribution in [3.05, 3.63) is 108 Å². The van der Waals surface area contributed by atoms with Crippen molar-refractivity contribution >= 4 is 22.9 Å². The van der Waals surface area contributed by atoms with Crippen molar-refractivity contribution in [1.82, 2.24) is 39.6 Å². The second-order valence-electron chi connectivity index (χ2n) is 9.92.